The second-order valence-electron chi connectivity index (χ2n) is 9.23. The van der Waals surface area contributed by atoms with Crippen molar-refractivity contribution < 1.29 is 48.9 Å². The predicted molar refractivity (Wildman–Crippen MR) is 159 cm³/mol. The van der Waals surface area contributed by atoms with E-state index in [9.17, 15) is 16.8 Å². The smallest absolute Gasteiger partial charge is 0.306 e. The molecule has 0 radical (unpaired) electrons. The molecule has 0 fully saturated rings. The molecule has 0 saturated carbocycles. The predicted octanol–water partition coefficient (Wildman–Crippen LogP) is 5.08. The first-order valence-electron chi connectivity index (χ1n) is 12.4. The Hall–Kier alpha value is -4.10. The van der Waals surface area contributed by atoms with Crippen molar-refractivity contribution in [1.29, 1.82) is 0 Å². The highest BCUT2D eigenvalue weighted by atomic mass is 32.2. The highest BCUT2D eigenvalue weighted by molar-refractivity contribution is 7.86. The van der Waals surface area contributed by atoms with Gasteiger partial charge in [-0.25, -0.2) is 0 Å². The normalized spacial score (nSPS) is 11.3. The monoisotopic (exact) mass is 622 g/mol. The van der Waals surface area contributed by atoms with Crippen LogP contribution in [-0.2, 0) is 20.2 Å². The fraction of sp³-hybridized carbons (Fsp3) is 0.310. The van der Waals surface area contributed by atoms with Crippen LogP contribution in [0.4, 0.5) is 0 Å². The molecule has 0 aliphatic rings. The number of allylic oxidation sites excluding steroid dienone is 1. The Morgan fingerprint density at radius 1 is 0.667 bits per heavy atom. The minimum absolute atomic E-state index is 0.0218. The van der Waals surface area contributed by atoms with Crippen molar-refractivity contribution >= 4 is 20.2 Å². The Morgan fingerprint density at radius 2 is 1.26 bits per heavy atom. The van der Waals surface area contributed by atoms with E-state index in [1.807, 2.05) is 19.9 Å². The number of ether oxygens (including phenoxy) is 5. The first-order valence-corrected chi connectivity index (χ1v) is 16.1. The maximum Gasteiger partial charge on any atom is 0.306 e. The molecule has 0 unspecified atom stereocenters. The summed E-state index contributed by atoms with van der Waals surface area (Å²) in [6, 6.07) is 11.2. The van der Waals surface area contributed by atoms with Crippen molar-refractivity contribution in [2.24, 2.45) is 0 Å². The fourth-order valence-corrected chi connectivity index (χ4v) is 5.01. The van der Waals surface area contributed by atoms with E-state index in [2.05, 4.69) is 0 Å². The number of rotatable bonds is 13. The van der Waals surface area contributed by atoms with E-state index in [1.54, 1.807) is 30.3 Å². The summed E-state index contributed by atoms with van der Waals surface area (Å²) in [5, 5.41) is 0. The van der Waals surface area contributed by atoms with Crippen LogP contribution >= 0.6 is 0 Å². The van der Waals surface area contributed by atoms with E-state index in [0.29, 0.717) is 22.6 Å². The molecule has 42 heavy (non-hydrogen) atoms. The molecule has 228 valence electrons. The second kappa shape index (κ2) is 13.3. The van der Waals surface area contributed by atoms with Crippen LogP contribution in [-0.4, -0.2) is 64.4 Å². The van der Waals surface area contributed by atoms with Crippen LogP contribution in [0.25, 0.3) is 22.3 Å². The average Bonchev–Trinajstić information content (AvgIpc) is 2.90. The summed E-state index contributed by atoms with van der Waals surface area (Å²) in [6.45, 7) is 3.96. The third-order valence-electron chi connectivity index (χ3n) is 5.76. The van der Waals surface area contributed by atoms with Crippen LogP contribution in [0, 0.1) is 0 Å². The summed E-state index contributed by atoms with van der Waals surface area (Å²) in [5.74, 6) is 0.816. The summed E-state index contributed by atoms with van der Waals surface area (Å²) >= 11 is 0. The minimum Gasteiger partial charge on any atom is -0.496 e. The highest BCUT2D eigenvalue weighted by Crippen LogP contribution is 2.54. The summed E-state index contributed by atoms with van der Waals surface area (Å²) in [4.78, 5) is 0. The Balaban J connectivity index is 2.42. The van der Waals surface area contributed by atoms with Gasteiger partial charge in [0.05, 0.1) is 52.1 Å². The molecule has 0 saturated heterocycles. The molecule has 0 heterocycles. The van der Waals surface area contributed by atoms with Crippen molar-refractivity contribution in [3.63, 3.8) is 0 Å². The number of benzene rings is 3. The van der Waals surface area contributed by atoms with Crippen molar-refractivity contribution in [2.45, 2.75) is 13.8 Å². The van der Waals surface area contributed by atoms with Crippen LogP contribution in [0.2, 0.25) is 0 Å². The van der Waals surface area contributed by atoms with E-state index < -0.39 is 20.2 Å². The lowest BCUT2D eigenvalue weighted by Crippen LogP contribution is -2.10. The SMILES string of the molecule is COc1cccc(OC)c1-c1cc(OC)c(-c2ccc(OCC=C(C)C)c(OS(C)(=O)=O)c2)c(OS(C)(=O)=O)c1OC. The zero-order valence-corrected chi connectivity index (χ0v) is 26.3. The molecule has 13 heteroatoms. The van der Waals surface area contributed by atoms with Gasteiger partial charge in [0.1, 0.15) is 23.9 Å². The van der Waals surface area contributed by atoms with E-state index in [-0.39, 0.29) is 46.5 Å². The van der Waals surface area contributed by atoms with Gasteiger partial charge in [0.2, 0.25) is 0 Å². The highest BCUT2D eigenvalue weighted by Gasteiger charge is 2.29. The molecule has 0 aliphatic carbocycles. The van der Waals surface area contributed by atoms with Gasteiger partial charge in [-0.1, -0.05) is 17.7 Å². The lowest BCUT2D eigenvalue weighted by Gasteiger charge is -2.22. The molecule has 0 spiro atoms. The Bertz CT molecular complexity index is 1670. The molecule has 0 N–H and O–H groups in total. The summed E-state index contributed by atoms with van der Waals surface area (Å²) in [6.07, 6.45) is 3.60. The van der Waals surface area contributed by atoms with Crippen LogP contribution in [0.5, 0.6) is 40.2 Å². The molecule has 0 atom stereocenters. The lowest BCUT2D eigenvalue weighted by atomic mass is 9.95. The van der Waals surface area contributed by atoms with Crippen molar-refractivity contribution in [3.05, 3.63) is 54.1 Å². The molecule has 3 rings (SSSR count). The Kier molecular flexibility index (Phi) is 10.2. The average molecular weight is 623 g/mol. The summed E-state index contributed by atoms with van der Waals surface area (Å²) < 4.78 is 88.4. The van der Waals surface area contributed by atoms with Crippen LogP contribution in [0.1, 0.15) is 13.8 Å². The first kappa shape index (κ1) is 32.4. The Labute approximate surface area is 246 Å². The van der Waals surface area contributed by atoms with Gasteiger partial charge in [-0.05, 0) is 55.8 Å². The van der Waals surface area contributed by atoms with E-state index in [0.717, 1.165) is 18.1 Å². The fourth-order valence-electron chi connectivity index (χ4n) is 4.10. The standard InChI is InChI=1S/C29H34O11S2/c1-18(2)14-15-38-21-13-12-19(16-24(21)39-41(7,30)31)26-25(36-5)17-20(28(37-6)29(26)40-42(8,32)33)27-22(34-3)10-9-11-23(27)35-4/h9-14,16-17H,15H2,1-8H3. The molecular formula is C29H34O11S2. The van der Waals surface area contributed by atoms with Gasteiger partial charge in [0.25, 0.3) is 0 Å². The van der Waals surface area contributed by atoms with Crippen molar-refractivity contribution in [3.8, 4) is 62.5 Å². The van der Waals surface area contributed by atoms with Crippen molar-refractivity contribution in [1.82, 2.24) is 0 Å². The number of methoxy groups -OCH3 is 4. The molecule has 11 nitrogen and oxygen atoms in total. The summed E-state index contributed by atoms with van der Waals surface area (Å²) in [7, 11) is -2.38. The molecule has 3 aromatic carbocycles. The van der Waals surface area contributed by atoms with Gasteiger partial charge in [0.15, 0.2) is 23.0 Å². The number of hydrogen-bond acceptors (Lipinski definition) is 11. The maximum absolute atomic E-state index is 12.5. The molecular weight excluding hydrogens is 588 g/mol. The third kappa shape index (κ3) is 7.79. The molecule has 0 aromatic heterocycles. The van der Waals surface area contributed by atoms with E-state index in [4.69, 9.17) is 32.1 Å². The van der Waals surface area contributed by atoms with Gasteiger partial charge in [0, 0.05) is 5.56 Å². The summed E-state index contributed by atoms with van der Waals surface area (Å²) in [5.41, 5.74) is 2.23. The van der Waals surface area contributed by atoms with Gasteiger partial charge >= 0.3 is 20.2 Å². The molecule has 0 amide bonds. The van der Waals surface area contributed by atoms with Gasteiger partial charge < -0.3 is 32.1 Å². The number of hydrogen-bond donors (Lipinski definition) is 0. The topological polar surface area (TPSA) is 133 Å². The van der Waals surface area contributed by atoms with Gasteiger partial charge in [-0.2, -0.15) is 16.8 Å². The molecule has 0 aliphatic heterocycles. The zero-order valence-electron chi connectivity index (χ0n) is 24.6. The van der Waals surface area contributed by atoms with Crippen molar-refractivity contribution in [2.75, 3.05) is 47.6 Å². The van der Waals surface area contributed by atoms with Crippen LogP contribution in [0.3, 0.4) is 0 Å². The van der Waals surface area contributed by atoms with Gasteiger partial charge in [-0.3, -0.25) is 0 Å². The van der Waals surface area contributed by atoms with Crippen LogP contribution < -0.4 is 32.1 Å². The molecule has 0 bridgehead atoms. The lowest BCUT2D eigenvalue weighted by molar-refractivity contribution is 0.347. The largest absolute Gasteiger partial charge is 0.496 e. The second-order valence-corrected chi connectivity index (χ2v) is 12.4. The first-order chi connectivity index (χ1) is 19.7. The van der Waals surface area contributed by atoms with E-state index in [1.165, 1.54) is 40.6 Å². The van der Waals surface area contributed by atoms with Gasteiger partial charge in [-0.15, -0.1) is 0 Å². The molecule has 3 aromatic rings. The van der Waals surface area contributed by atoms with E-state index >= 15 is 0 Å². The third-order valence-corrected chi connectivity index (χ3v) is 6.71. The zero-order chi connectivity index (χ0) is 31.2. The minimum atomic E-state index is -4.12. The maximum atomic E-state index is 12.5. The van der Waals surface area contributed by atoms with Crippen LogP contribution in [0.15, 0.2) is 54.1 Å². The quantitative estimate of drug-likeness (QED) is 0.187. The Morgan fingerprint density at radius 3 is 1.76 bits per heavy atom.